The fourth-order valence-corrected chi connectivity index (χ4v) is 0.829. The summed E-state index contributed by atoms with van der Waals surface area (Å²) in [5.41, 5.74) is 0. The van der Waals surface area contributed by atoms with Crippen LogP contribution in [0.25, 0.3) is 0 Å². The molecule has 0 rings (SSSR count). The third kappa shape index (κ3) is 3.86. The molecule has 1 N–H and O–H groups in total. The summed E-state index contributed by atoms with van der Waals surface area (Å²) >= 11 is 1.61. The van der Waals surface area contributed by atoms with Crippen LogP contribution in [0.4, 0.5) is 0 Å². The number of hydrogen-bond acceptors (Lipinski definition) is 2. The van der Waals surface area contributed by atoms with Crippen molar-refractivity contribution in [3.8, 4) is 0 Å². The van der Waals surface area contributed by atoms with E-state index >= 15 is 0 Å². The highest BCUT2D eigenvalue weighted by atomic mass is 32.2. The van der Waals surface area contributed by atoms with E-state index in [0.29, 0.717) is 0 Å². The first-order valence-corrected chi connectivity index (χ1v) is 3.50. The predicted molar refractivity (Wildman–Crippen MR) is 36.1 cm³/mol. The molecule has 0 atom stereocenters. The summed E-state index contributed by atoms with van der Waals surface area (Å²) in [7, 11) is 0. The summed E-state index contributed by atoms with van der Waals surface area (Å²) in [4.78, 5) is 0. The number of rotatable bonds is 2. The molecule has 0 aliphatic carbocycles. The van der Waals surface area contributed by atoms with Gasteiger partial charge in [-0.2, -0.15) is 0 Å². The van der Waals surface area contributed by atoms with Gasteiger partial charge in [-0.25, -0.2) is 0 Å². The van der Waals surface area contributed by atoms with E-state index in [1.165, 1.54) is 0 Å². The molecule has 0 amide bonds. The quantitative estimate of drug-likeness (QED) is 0.434. The summed E-state index contributed by atoms with van der Waals surface area (Å²) < 4.78 is 0. The molecule has 0 spiro atoms. The molecule has 0 unspecified atom stereocenters. The Morgan fingerprint density at radius 2 is 2.14 bits per heavy atom. The first kappa shape index (κ1) is 7.02. The second kappa shape index (κ2) is 4.19. The summed E-state index contributed by atoms with van der Waals surface area (Å²) in [6.45, 7) is 4.07. The van der Waals surface area contributed by atoms with Gasteiger partial charge in [-0.3, -0.25) is 5.41 Å². The van der Waals surface area contributed by atoms with E-state index in [1.807, 2.05) is 6.92 Å². The summed E-state index contributed by atoms with van der Waals surface area (Å²) in [6, 6.07) is 0. The molecular weight excluding hydrogens is 106 g/mol. The fourth-order valence-electron chi connectivity index (χ4n) is 0.276. The fraction of sp³-hybridized carbons (Fsp3) is 0.800. The van der Waals surface area contributed by atoms with Gasteiger partial charge < -0.3 is 0 Å². The van der Waals surface area contributed by atoms with Crippen molar-refractivity contribution in [3.05, 3.63) is 0 Å². The normalized spacial score (nSPS) is 8.86. The monoisotopic (exact) mass is 117 g/mol. The molecule has 0 aromatic heterocycles. The third-order valence-corrected chi connectivity index (χ3v) is 1.57. The maximum absolute atomic E-state index is 7.10. The molecule has 7 heavy (non-hydrogen) atoms. The van der Waals surface area contributed by atoms with Crippen LogP contribution in [-0.2, 0) is 0 Å². The van der Waals surface area contributed by atoms with Crippen LogP contribution in [0, 0.1) is 5.41 Å². The summed E-state index contributed by atoms with van der Waals surface area (Å²) in [5.74, 6) is 1.03. The molecule has 42 valence electrons. The van der Waals surface area contributed by atoms with E-state index in [-0.39, 0.29) is 0 Å². The van der Waals surface area contributed by atoms with Gasteiger partial charge in [-0.1, -0.05) is 13.8 Å². The standard InChI is InChI=1S/C5H11NS/c1-3-5(6)7-4-2/h6H,3-4H2,1-2H3. The SMILES string of the molecule is CCSC(=N)CC. The lowest BCUT2D eigenvalue weighted by Gasteiger charge is -1.91. The van der Waals surface area contributed by atoms with Gasteiger partial charge in [0, 0.05) is 0 Å². The molecular formula is C5H11NS. The predicted octanol–water partition coefficient (Wildman–Crippen LogP) is 2.13. The van der Waals surface area contributed by atoms with Gasteiger partial charge in [0.1, 0.15) is 0 Å². The smallest absolute Gasteiger partial charge is 0.0638 e. The highest BCUT2D eigenvalue weighted by molar-refractivity contribution is 8.13. The Bertz CT molecular complexity index is 61.1. The first-order valence-electron chi connectivity index (χ1n) is 2.51. The second-order valence-electron chi connectivity index (χ2n) is 1.21. The van der Waals surface area contributed by atoms with Crippen LogP contribution in [0.15, 0.2) is 0 Å². The number of nitrogens with one attached hydrogen (secondary N) is 1. The molecule has 0 aromatic rings. The van der Waals surface area contributed by atoms with Crippen molar-refractivity contribution in [1.82, 2.24) is 0 Å². The maximum atomic E-state index is 7.10. The Labute approximate surface area is 49.0 Å². The lowest BCUT2D eigenvalue weighted by Crippen LogP contribution is -1.84. The Morgan fingerprint density at radius 3 is 2.29 bits per heavy atom. The van der Waals surface area contributed by atoms with Crippen molar-refractivity contribution >= 4 is 16.8 Å². The van der Waals surface area contributed by atoms with Crippen molar-refractivity contribution in [3.63, 3.8) is 0 Å². The van der Waals surface area contributed by atoms with Crippen molar-refractivity contribution in [2.75, 3.05) is 5.75 Å². The molecule has 0 heterocycles. The lowest BCUT2D eigenvalue weighted by molar-refractivity contribution is 1.28. The van der Waals surface area contributed by atoms with Gasteiger partial charge in [-0.15, -0.1) is 11.8 Å². The van der Waals surface area contributed by atoms with Crippen molar-refractivity contribution in [2.45, 2.75) is 20.3 Å². The van der Waals surface area contributed by atoms with Crippen LogP contribution in [0.2, 0.25) is 0 Å². The molecule has 1 nitrogen and oxygen atoms in total. The van der Waals surface area contributed by atoms with Gasteiger partial charge in [0.15, 0.2) is 0 Å². The van der Waals surface area contributed by atoms with Crippen LogP contribution >= 0.6 is 11.8 Å². The van der Waals surface area contributed by atoms with E-state index in [9.17, 15) is 0 Å². The first-order chi connectivity index (χ1) is 3.31. The average molecular weight is 117 g/mol. The minimum absolute atomic E-state index is 0.794. The van der Waals surface area contributed by atoms with E-state index in [0.717, 1.165) is 17.2 Å². The Kier molecular flexibility index (Phi) is 4.20. The van der Waals surface area contributed by atoms with Crippen LogP contribution in [0.5, 0.6) is 0 Å². The topological polar surface area (TPSA) is 23.9 Å². The second-order valence-corrected chi connectivity index (χ2v) is 2.57. The van der Waals surface area contributed by atoms with Crippen LogP contribution in [0.1, 0.15) is 20.3 Å². The molecule has 0 saturated carbocycles. The molecule has 2 heteroatoms. The minimum Gasteiger partial charge on any atom is -0.298 e. The molecule has 0 fully saturated rings. The van der Waals surface area contributed by atoms with Gasteiger partial charge in [0.2, 0.25) is 0 Å². The molecule has 0 aliphatic rings. The molecule has 0 bridgehead atoms. The largest absolute Gasteiger partial charge is 0.298 e. The third-order valence-electron chi connectivity index (χ3n) is 0.640. The zero-order valence-electron chi connectivity index (χ0n) is 4.82. The van der Waals surface area contributed by atoms with Gasteiger partial charge in [0.05, 0.1) is 5.04 Å². The van der Waals surface area contributed by atoms with Crippen molar-refractivity contribution < 1.29 is 0 Å². The minimum atomic E-state index is 0.794. The molecule has 0 radical (unpaired) electrons. The van der Waals surface area contributed by atoms with Crippen molar-refractivity contribution in [1.29, 1.82) is 5.41 Å². The zero-order valence-corrected chi connectivity index (χ0v) is 5.64. The number of hydrogen-bond donors (Lipinski definition) is 1. The molecule has 0 aliphatic heterocycles. The van der Waals surface area contributed by atoms with E-state index in [4.69, 9.17) is 5.41 Å². The van der Waals surface area contributed by atoms with E-state index in [2.05, 4.69) is 6.92 Å². The Morgan fingerprint density at radius 1 is 1.57 bits per heavy atom. The lowest BCUT2D eigenvalue weighted by atomic mass is 10.5. The van der Waals surface area contributed by atoms with E-state index in [1.54, 1.807) is 11.8 Å². The zero-order chi connectivity index (χ0) is 5.70. The van der Waals surface area contributed by atoms with Gasteiger partial charge >= 0.3 is 0 Å². The van der Waals surface area contributed by atoms with Crippen molar-refractivity contribution in [2.24, 2.45) is 0 Å². The van der Waals surface area contributed by atoms with Crippen LogP contribution in [-0.4, -0.2) is 10.8 Å². The van der Waals surface area contributed by atoms with Gasteiger partial charge in [0.25, 0.3) is 0 Å². The highest BCUT2D eigenvalue weighted by Crippen LogP contribution is 2.02. The summed E-state index contributed by atoms with van der Waals surface area (Å²) in [5, 5.41) is 7.89. The highest BCUT2D eigenvalue weighted by Gasteiger charge is 1.86. The Hall–Kier alpha value is 0.0200. The summed E-state index contributed by atoms with van der Waals surface area (Å²) in [6.07, 6.45) is 0.887. The maximum Gasteiger partial charge on any atom is 0.0638 e. The van der Waals surface area contributed by atoms with Crippen LogP contribution < -0.4 is 0 Å². The van der Waals surface area contributed by atoms with E-state index < -0.39 is 0 Å². The number of thioether (sulfide) groups is 1. The van der Waals surface area contributed by atoms with Gasteiger partial charge in [-0.05, 0) is 12.2 Å². The molecule has 0 aromatic carbocycles. The Balaban J connectivity index is 3.00. The van der Waals surface area contributed by atoms with Crippen LogP contribution in [0.3, 0.4) is 0 Å². The average Bonchev–Trinajstić information content (AvgIpc) is 1.68. The molecule has 0 saturated heterocycles.